The summed E-state index contributed by atoms with van der Waals surface area (Å²) in [5.41, 5.74) is 1.90. The van der Waals surface area contributed by atoms with Gasteiger partial charge in [0.1, 0.15) is 24.3 Å². The molecule has 0 atom stereocenters. The molecule has 6 heteroatoms. The van der Waals surface area contributed by atoms with Gasteiger partial charge in [-0.3, -0.25) is 9.59 Å². The molecule has 5 nitrogen and oxygen atoms in total. The Labute approximate surface area is 170 Å². The van der Waals surface area contributed by atoms with Gasteiger partial charge in [0, 0.05) is 29.9 Å². The van der Waals surface area contributed by atoms with Crippen LogP contribution < -0.4 is 9.64 Å². The third-order valence-corrected chi connectivity index (χ3v) is 5.99. The van der Waals surface area contributed by atoms with Gasteiger partial charge in [0.15, 0.2) is 0 Å². The minimum atomic E-state index is -1.14. The van der Waals surface area contributed by atoms with Gasteiger partial charge in [-0.05, 0) is 61.7 Å². The number of nitrogens with zero attached hydrogens (tertiary/aromatic N) is 2. The van der Waals surface area contributed by atoms with E-state index in [-0.39, 0.29) is 5.91 Å². The molecule has 1 saturated heterocycles. The van der Waals surface area contributed by atoms with Gasteiger partial charge in [0.05, 0.1) is 12.2 Å². The van der Waals surface area contributed by atoms with Crippen LogP contribution in [0.4, 0.5) is 15.8 Å². The van der Waals surface area contributed by atoms with Crippen LogP contribution in [0, 0.1) is 0 Å². The van der Waals surface area contributed by atoms with Crippen LogP contribution in [0.5, 0.6) is 5.75 Å². The predicted molar refractivity (Wildman–Crippen MR) is 110 cm³/mol. The van der Waals surface area contributed by atoms with Gasteiger partial charge in [-0.1, -0.05) is 6.92 Å². The Bertz CT molecular complexity index is 905. The molecule has 2 aromatic carbocycles. The first-order valence-corrected chi connectivity index (χ1v) is 10.1. The summed E-state index contributed by atoms with van der Waals surface area (Å²) in [6.45, 7) is 3.93. The maximum atomic E-state index is 14.4. The second-order valence-corrected chi connectivity index (χ2v) is 7.69. The maximum absolute atomic E-state index is 14.4. The van der Waals surface area contributed by atoms with E-state index in [4.69, 9.17) is 4.74 Å². The Morgan fingerprint density at radius 2 is 1.86 bits per heavy atom. The van der Waals surface area contributed by atoms with Gasteiger partial charge in [0.2, 0.25) is 0 Å². The standard InChI is InChI=1S/C23H25FN2O3/c1-2-23(24)9-11-25(12-10-23)22(28)18-5-8-20-21(15-18)29-14-13-26(20)19-6-3-17(16-27)4-7-19/h3-8,15-16H,2,9-14H2,1H3. The topological polar surface area (TPSA) is 49.9 Å². The van der Waals surface area contributed by atoms with Crippen LogP contribution in [0.1, 0.15) is 46.9 Å². The summed E-state index contributed by atoms with van der Waals surface area (Å²) in [5, 5.41) is 0. The van der Waals surface area contributed by atoms with Crippen molar-refractivity contribution in [2.45, 2.75) is 31.9 Å². The van der Waals surface area contributed by atoms with Crippen LogP contribution in [0.3, 0.4) is 0 Å². The number of piperidine rings is 1. The largest absolute Gasteiger partial charge is 0.490 e. The van der Waals surface area contributed by atoms with Crippen molar-refractivity contribution in [3.05, 3.63) is 53.6 Å². The number of rotatable bonds is 4. The maximum Gasteiger partial charge on any atom is 0.253 e. The summed E-state index contributed by atoms with van der Waals surface area (Å²) in [7, 11) is 0. The highest BCUT2D eigenvalue weighted by Gasteiger charge is 2.34. The number of alkyl halides is 1. The van der Waals surface area contributed by atoms with Gasteiger partial charge in [0.25, 0.3) is 5.91 Å². The number of likely N-dealkylation sites (tertiary alicyclic amines) is 1. The molecule has 1 amide bonds. The van der Waals surface area contributed by atoms with Crippen molar-refractivity contribution in [1.29, 1.82) is 0 Å². The minimum absolute atomic E-state index is 0.0815. The van der Waals surface area contributed by atoms with E-state index in [1.807, 2.05) is 25.1 Å². The molecule has 4 rings (SSSR count). The van der Waals surface area contributed by atoms with E-state index in [1.165, 1.54) is 0 Å². The lowest BCUT2D eigenvalue weighted by molar-refractivity contribution is 0.0419. The van der Waals surface area contributed by atoms with Gasteiger partial charge in [-0.15, -0.1) is 0 Å². The summed E-state index contributed by atoms with van der Waals surface area (Å²) in [5.74, 6) is 0.578. The van der Waals surface area contributed by atoms with E-state index in [1.54, 1.807) is 29.2 Å². The molecule has 2 aliphatic heterocycles. The fourth-order valence-electron chi connectivity index (χ4n) is 4.00. The smallest absolute Gasteiger partial charge is 0.253 e. The highest BCUT2D eigenvalue weighted by molar-refractivity contribution is 5.95. The minimum Gasteiger partial charge on any atom is -0.490 e. The molecule has 2 aromatic rings. The van der Waals surface area contributed by atoms with Crippen molar-refractivity contribution in [2.75, 3.05) is 31.1 Å². The average molecular weight is 396 g/mol. The fraction of sp³-hybridized carbons (Fsp3) is 0.391. The zero-order chi connectivity index (χ0) is 20.4. The summed E-state index contributed by atoms with van der Waals surface area (Å²) < 4.78 is 20.3. The number of aldehydes is 1. The molecule has 0 saturated carbocycles. The number of benzene rings is 2. The lowest BCUT2D eigenvalue weighted by Crippen LogP contribution is -2.44. The molecule has 2 aliphatic rings. The molecular formula is C23H25FN2O3. The van der Waals surface area contributed by atoms with Gasteiger partial charge in [-0.25, -0.2) is 4.39 Å². The molecule has 0 N–H and O–H groups in total. The fourth-order valence-corrected chi connectivity index (χ4v) is 4.00. The van der Waals surface area contributed by atoms with Crippen LogP contribution in [0.25, 0.3) is 0 Å². The summed E-state index contributed by atoms with van der Waals surface area (Å²) >= 11 is 0. The Morgan fingerprint density at radius 3 is 2.52 bits per heavy atom. The van der Waals surface area contributed by atoms with Gasteiger partial charge < -0.3 is 14.5 Å². The first-order valence-electron chi connectivity index (χ1n) is 10.1. The van der Waals surface area contributed by atoms with E-state index in [2.05, 4.69) is 4.90 Å². The number of amides is 1. The molecule has 0 radical (unpaired) electrons. The molecular weight excluding hydrogens is 371 g/mol. The predicted octanol–water partition coefficient (Wildman–Crippen LogP) is 4.38. The molecule has 1 fully saturated rings. The number of carbonyl (C=O) groups excluding carboxylic acids is 2. The molecule has 2 heterocycles. The van der Waals surface area contributed by atoms with Crippen LogP contribution >= 0.6 is 0 Å². The van der Waals surface area contributed by atoms with Crippen LogP contribution in [0.15, 0.2) is 42.5 Å². The lowest BCUT2D eigenvalue weighted by Gasteiger charge is -2.36. The Hall–Kier alpha value is -2.89. The first kappa shape index (κ1) is 19.4. The number of carbonyl (C=O) groups is 2. The van der Waals surface area contributed by atoms with Crippen LogP contribution in [-0.2, 0) is 0 Å². The Balaban J connectivity index is 1.53. The molecule has 0 unspecified atom stereocenters. The average Bonchev–Trinajstić information content (AvgIpc) is 2.78. The highest BCUT2D eigenvalue weighted by atomic mass is 19.1. The number of halogens is 1. The van der Waals surface area contributed by atoms with Crippen molar-refractivity contribution < 1.29 is 18.7 Å². The van der Waals surface area contributed by atoms with Crippen LogP contribution in [0.2, 0.25) is 0 Å². The molecule has 0 spiro atoms. The number of hydrogen-bond donors (Lipinski definition) is 0. The second-order valence-electron chi connectivity index (χ2n) is 7.69. The molecule has 0 aliphatic carbocycles. The van der Waals surface area contributed by atoms with Gasteiger partial charge in [-0.2, -0.15) is 0 Å². The second kappa shape index (κ2) is 7.85. The lowest BCUT2D eigenvalue weighted by atomic mass is 9.90. The Morgan fingerprint density at radius 1 is 1.14 bits per heavy atom. The molecule has 0 aromatic heterocycles. The number of ether oxygens (including phenoxy) is 1. The zero-order valence-corrected chi connectivity index (χ0v) is 16.6. The van der Waals surface area contributed by atoms with E-state index >= 15 is 0 Å². The van der Waals surface area contributed by atoms with Crippen molar-refractivity contribution in [3.8, 4) is 5.75 Å². The van der Waals surface area contributed by atoms with Crippen molar-refractivity contribution in [3.63, 3.8) is 0 Å². The summed E-state index contributed by atoms with van der Waals surface area (Å²) in [4.78, 5) is 27.6. The summed E-state index contributed by atoms with van der Waals surface area (Å²) in [6.07, 6.45) is 2.09. The van der Waals surface area contributed by atoms with E-state index in [0.717, 1.165) is 17.7 Å². The van der Waals surface area contributed by atoms with E-state index in [0.29, 0.717) is 62.4 Å². The third kappa shape index (κ3) is 3.84. The quantitative estimate of drug-likeness (QED) is 0.720. The highest BCUT2D eigenvalue weighted by Crippen LogP contribution is 2.38. The monoisotopic (exact) mass is 396 g/mol. The molecule has 29 heavy (non-hydrogen) atoms. The third-order valence-electron chi connectivity index (χ3n) is 5.99. The SMILES string of the molecule is CCC1(F)CCN(C(=O)c2ccc3c(c2)OCCN3c2ccc(C=O)cc2)CC1. The number of fused-ring (bicyclic) bond motifs is 1. The van der Waals surface area contributed by atoms with E-state index in [9.17, 15) is 14.0 Å². The van der Waals surface area contributed by atoms with Crippen LogP contribution in [-0.4, -0.2) is 49.0 Å². The van der Waals surface area contributed by atoms with Crippen molar-refractivity contribution in [1.82, 2.24) is 4.90 Å². The number of hydrogen-bond acceptors (Lipinski definition) is 4. The number of anilines is 2. The van der Waals surface area contributed by atoms with Crippen molar-refractivity contribution >= 4 is 23.6 Å². The normalized spacial score (nSPS) is 18.0. The first-order chi connectivity index (χ1) is 14.0. The molecule has 0 bridgehead atoms. The Kier molecular flexibility index (Phi) is 5.26. The van der Waals surface area contributed by atoms with Crippen molar-refractivity contribution in [2.24, 2.45) is 0 Å². The van der Waals surface area contributed by atoms with Gasteiger partial charge >= 0.3 is 0 Å². The van der Waals surface area contributed by atoms with E-state index < -0.39 is 5.67 Å². The zero-order valence-electron chi connectivity index (χ0n) is 16.6. The summed E-state index contributed by atoms with van der Waals surface area (Å²) in [6, 6.07) is 12.9. The molecule has 152 valence electrons.